The molecule has 5 nitrogen and oxygen atoms in total. The lowest BCUT2D eigenvalue weighted by Gasteiger charge is -2.14. The minimum atomic E-state index is 0.0948. The third-order valence-corrected chi connectivity index (χ3v) is 6.47. The minimum absolute atomic E-state index is 0.0948. The molecule has 1 aromatic heterocycles. The molecule has 3 aliphatic rings. The van der Waals surface area contributed by atoms with Crippen LogP contribution in [0.3, 0.4) is 0 Å². The van der Waals surface area contributed by atoms with Crippen LogP contribution in [0.25, 0.3) is 10.9 Å². The van der Waals surface area contributed by atoms with Gasteiger partial charge in [-0.05, 0) is 87.7 Å². The molecule has 0 bridgehead atoms. The van der Waals surface area contributed by atoms with E-state index in [4.69, 9.17) is 4.74 Å². The Morgan fingerprint density at radius 3 is 2.79 bits per heavy atom. The first-order valence-electron chi connectivity index (χ1n) is 11.1. The molecule has 2 aromatic rings. The summed E-state index contributed by atoms with van der Waals surface area (Å²) in [5.41, 5.74) is 3.32. The predicted molar refractivity (Wildman–Crippen MR) is 111 cm³/mol. The van der Waals surface area contributed by atoms with Crippen molar-refractivity contribution in [1.82, 2.24) is 14.8 Å². The van der Waals surface area contributed by atoms with Crippen molar-refractivity contribution in [2.24, 2.45) is 5.92 Å². The number of carbonyl (C=O) groups is 1. The Morgan fingerprint density at radius 1 is 1.11 bits per heavy atom. The van der Waals surface area contributed by atoms with Crippen molar-refractivity contribution in [3.05, 3.63) is 29.5 Å². The Kier molecular flexibility index (Phi) is 5.02. The van der Waals surface area contributed by atoms with Gasteiger partial charge < -0.3 is 19.5 Å². The summed E-state index contributed by atoms with van der Waals surface area (Å²) >= 11 is 0. The molecule has 0 atom stereocenters. The van der Waals surface area contributed by atoms with Gasteiger partial charge in [0.1, 0.15) is 11.4 Å². The highest BCUT2D eigenvalue weighted by Gasteiger charge is 2.30. The second kappa shape index (κ2) is 7.78. The molecule has 5 heteroatoms. The maximum atomic E-state index is 12.8. The number of fused-ring (bicyclic) bond motifs is 3. The van der Waals surface area contributed by atoms with Crippen LogP contribution < -0.4 is 10.1 Å². The van der Waals surface area contributed by atoms with Crippen LogP contribution in [0.15, 0.2) is 18.2 Å². The molecule has 0 spiro atoms. The van der Waals surface area contributed by atoms with E-state index in [1.165, 1.54) is 55.2 Å². The van der Waals surface area contributed by atoms with Gasteiger partial charge in [0.15, 0.2) is 0 Å². The van der Waals surface area contributed by atoms with Gasteiger partial charge in [-0.1, -0.05) is 0 Å². The van der Waals surface area contributed by atoms with Crippen molar-refractivity contribution in [1.29, 1.82) is 0 Å². The largest absolute Gasteiger partial charge is 0.494 e. The normalized spacial score (nSPS) is 20.2. The number of carbonyl (C=O) groups excluding carboxylic acids is 1. The molecular weight excluding hydrogens is 350 g/mol. The zero-order chi connectivity index (χ0) is 18.9. The molecule has 2 aliphatic heterocycles. The summed E-state index contributed by atoms with van der Waals surface area (Å²) in [4.78, 5) is 15.3. The summed E-state index contributed by atoms with van der Waals surface area (Å²) in [6.07, 6.45) is 8.34. The second-order valence-corrected chi connectivity index (χ2v) is 8.67. The van der Waals surface area contributed by atoms with Gasteiger partial charge in [0.25, 0.3) is 5.91 Å². The molecule has 1 saturated carbocycles. The van der Waals surface area contributed by atoms with Crippen LogP contribution in [0.5, 0.6) is 5.75 Å². The third-order valence-electron chi connectivity index (χ3n) is 6.47. The van der Waals surface area contributed by atoms with Gasteiger partial charge in [-0.2, -0.15) is 0 Å². The van der Waals surface area contributed by atoms with E-state index in [1.54, 1.807) is 0 Å². The van der Waals surface area contributed by atoms with Crippen molar-refractivity contribution < 1.29 is 9.53 Å². The number of rotatable bonds is 7. The fraction of sp³-hybridized carbons (Fsp3) is 0.609. The van der Waals surface area contributed by atoms with E-state index in [1.807, 2.05) is 0 Å². The highest BCUT2D eigenvalue weighted by atomic mass is 16.5. The topological polar surface area (TPSA) is 46.5 Å². The van der Waals surface area contributed by atoms with Gasteiger partial charge in [0.2, 0.25) is 0 Å². The minimum Gasteiger partial charge on any atom is -0.494 e. The number of nitrogens with one attached hydrogen (secondary N) is 1. The summed E-state index contributed by atoms with van der Waals surface area (Å²) in [5, 5.41) is 4.30. The fourth-order valence-corrected chi connectivity index (χ4v) is 4.81. The molecule has 1 amide bonds. The number of amides is 1. The summed E-state index contributed by atoms with van der Waals surface area (Å²) < 4.78 is 8.34. The fourth-order valence-electron chi connectivity index (χ4n) is 4.81. The summed E-state index contributed by atoms with van der Waals surface area (Å²) in [6, 6.07) is 6.41. The Morgan fingerprint density at radius 2 is 1.96 bits per heavy atom. The highest BCUT2D eigenvalue weighted by molar-refractivity contribution is 6.02. The summed E-state index contributed by atoms with van der Waals surface area (Å²) in [7, 11) is 0. The Balaban J connectivity index is 1.37. The number of hydrogen-bond donors (Lipinski definition) is 1. The highest BCUT2D eigenvalue weighted by Crippen LogP contribution is 2.38. The van der Waals surface area contributed by atoms with Crippen molar-refractivity contribution in [2.75, 3.05) is 32.8 Å². The number of benzene rings is 1. The maximum Gasteiger partial charge on any atom is 0.268 e. The lowest BCUT2D eigenvalue weighted by Crippen LogP contribution is -2.24. The predicted octanol–water partition coefficient (Wildman–Crippen LogP) is 3.59. The maximum absolute atomic E-state index is 12.8. The third kappa shape index (κ3) is 3.64. The van der Waals surface area contributed by atoms with Crippen molar-refractivity contribution >= 4 is 16.8 Å². The van der Waals surface area contributed by atoms with E-state index in [9.17, 15) is 4.79 Å². The number of ether oxygens (including phenoxy) is 1. The molecule has 28 heavy (non-hydrogen) atoms. The molecule has 1 N–H and O–H groups in total. The molecule has 3 heterocycles. The molecule has 1 aromatic carbocycles. The lowest BCUT2D eigenvalue weighted by molar-refractivity contribution is 0.0950. The van der Waals surface area contributed by atoms with Gasteiger partial charge in [-0.15, -0.1) is 0 Å². The van der Waals surface area contributed by atoms with E-state index >= 15 is 0 Å². The Hall–Kier alpha value is -2.01. The monoisotopic (exact) mass is 381 g/mol. The number of hydrogen-bond acceptors (Lipinski definition) is 3. The molecule has 5 rings (SSSR count). The standard InChI is InChI=1S/C23H31N3O2/c27-23-22-20(15-17-5-6-17)19-16-18(28-14-4-12-25-10-1-2-11-25)7-8-21(19)26(22)13-3-9-24-23/h7-8,16-17H,1-6,9-15H2,(H,24,27). The molecule has 150 valence electrons. The zero-order valence-electron chi connectivity index (χ0n) is 16.7. The first-order valence-corrected chi connectivity index (χ1v) is 11.1. The van der Waals surface area contributed by atoms with Crippen LogP contribution >= 0.6 is 0 Å². The first kappa shape index (κ1) is 18.0. The number of aromatic nitrogens is 1. The Labute approximate surface area is 167 Å². The van der Waals surface area contributed by atoms with Gasteiger partial charge in [-0.3, -0.25) is 4.79 Å². The molecule has 0 radical (unpaired) electrons. The molecule has 1 saturated heterocycles. The molecule has 0 unspecified atom stereocenters. The van der Waals surface area contributed by atoms with Crippen LogP contribution in [-0.2, 0) is 13.0 Å². The van der Waals surface area contributed by atoms with E-state index in [0.29, 0.717) is 0 Å². The zero-order valence-corrected chi connectivity index (χ0v) is 16.7. The summed E-state index contributed by atoms with van der Waals surface area (Å²) in [5.74, 6) is 1.78. The van der Waals surface area contributed by atoms with Crippen molar-refractivity contribution in [3.8, 4) is 5.75 Å². The number of nitrogens with zero attached hydrogens (tertiary/aromatic N) is 2. The van der Waals surface area contributed by atoms with Crippen molar-refractivity contribution in [3.63, 3.8) is 0 Å². The molecule has 1 aliphatic carbocycles. The molecule has 2 fully saturated rings. The second-order valence-electron chi connectivity index (χ2n) is 8.67. The van der Waals surface area contributed by atoms with Crippen LogP contribution in [0.2, 0.25) is 0 Å². The van der Waals surface area contributed by atoms with Crippen LogP contribution in [-0.4, -0.2) is 48.2 Å². The smallest absolute Gasteiger partial charge is 0.268 e. The van der Waals surface area contributed by atoms with Crippen LogP contribution in [0, 0.1) is 5.92 Å². The van der Waals surface area contributed by atoms with Gasteiger partial charge in [0, 0.05) is 30.5 Å². The first-order chi connectivity index (χ1) is 13.8. The van der Waals surface area contributed by atoms with Crippen LogP contribution in [0.1, 0.15) is 54.6 Å². The van der Waals surface area contributed by atoms with E-state index in [-0.39, 0.29) is 5.91 Å². The molecular formula is C23H31N3O2. The van der Waals surface area contributed by atoms with Gasteiger partial charge >= 0.3 is 0 Å². The van der Waals surface area contributed by atoms with Crippen molar-refractivity contribution in [2.45, 2.75) is 51.5 Å². The quantitative estimate of drug-likeness (QED) is 0.746. The Bertz CT molecular complexity index is 862. The van der Waals surface area contributed by atoms with Gasteiger partial charge in [-0.25, -0.2) is 0 Å². The average Bonchev–Trinajstić information content (AvgIpc) is 3.33. The summed E-state index contributed by atoms with van der Waals surface area (Å²) in [6.45, 7) is 6.06. The van der Waals surface area contributed by atoms with Gasteiger partial charge in [0.05, 0.1) is 6.61 Å². The average molecular weight is 382 g/mol. The van der Waals surface area contributed by atoms with E-state index in [2.05, 4.69) is 33.0 Å². The SMILES string of the molecule is O=C1NCCCn2c1c(CC1CC1)c1cc(OCCCN3CCCC3)ccc12. The number of aryl methyl sites for hydroxylation is 1. The van der Waals surface area contributed by atoms with E-state index in [0.717, 1.165) is 62.9 Å². The van der Waals surface area contributed by atoms with E-state index < -0.39 is 0 Å². The number of likely N-dealkylation sites (tertiary alicyclic amines) is 1. The lowest BCUT2D eigenvalue weighted by atomic mass is 10.0. The van der Waals surface area contributed by atoms with Crippen LogP contribution in [0.4, 0.5) is 0 Å².